The Balaban J connectivity index is 1.59. The predicted molar refractivity (Wildman–Crippen MR) is 110 cm³/mol. The number of piperidine rings is 1. The lowest BCUT2D eigenvalue weighted by Gasteiger charge is -2.42. The summed E-state index contributed by atoms with van der Waals surface area (Å²) in [6.45, 7) is 2.09. The van der Waals surface area contributed by atoms with Gasteiger partial charge in [-0.3, -0.25) is 4.90 Å². The van der Waals surface area contributed by atoms with Gasteiger partial charge in [0.25, 0.3) is 0 Å². The molecule has 0 spiro atoms. The molecule has 5 rings (SSSR count). The Labute approximate surface area is 172 Å². The maximum absolute atomic E-state index is 13.1. The number of benzene rings is 2. The van der Waals surface area contributed by atoms with Crippen molar-refractivity contribution in [3.8, 4) is 0 Å². The van der Waals surface area contributed by atoms with E-state index in [2.05, 4.69) is 43.1 Å². The number of thiazole rings is 1. The van der Waals surface area contributed by atoms with Crippen molar-refractivity contribution in [2.75, 3.05) is 7.05 Å². The molecule has 152 valence electrons. The van der Waals surface area contributed by atoms with Gasteiger partial charge in [0.1, 0.15) is 0 Å². The lowest BCUT2D eigenvalue weighted by atomic mass is 9.76. The molecule has 2 fully saturated rings. The molecule has 0 aliphatic carbocycles. The second kappa shape index (κ2) is 6.81. The molecule has 2 nitrogen and oxygen atoms in total. The normalized spacial score (nSPS) is 27.6. The van der Waals surface area contributed by atoms with E-state index < -0.39 is 11.7 Å². The maximum atomic E-state index is 13.1. The van der Waals surface area contributed by atoms with Gasteiger partial charge < -0.3 is 0 Å². The van der Waals surface area contributed by atoms with Crippen LogP contribution < -0.4 is 0 Å². The summed E-state index contributed by atoms with van der Waals surface area (Å²) in [6.07, 6.45) is -0.961. The Hall–Kier alpha value is -1.92. The number of likely N-dealkylation sites (N-methyl/N-ethyl adjacent to an activating group) is 1. The number of hydrogen-bond acceptors (Lipinski definition) is 3. The van der Waals surface area contributed by atoms with Gasteiger partial charge >= 0.3 is 6.18 Å². The average Bonchev–Trinajstić information content (AvgIpc) is 3.19. The Morgan fingerprint density at radius 1 is 1.07 bits per heavy atom. The summed E-state index contributed by atoms with van der Waals surface area (Å²) in [5.41, 5.74) is 2.39. The first kappa shape index (κ1) is 19.1. The van der Waals surface area contributed by atoms with Crippen LogP contribution in [0.25, 0.3) is 10.2 Å². The second-order valence-electron chi connectivity index (χ2n) is 8.48. The number of halogens is 3. The molecule has 6 heteroatoms. The molecule has 29 heavy (non-hydrogen) atoms. The highest BCUT2D eigenvalue weighted by atomic mass is 32.1. The molecule has 1 aromatic heterocycles. The number of nitrogens with zero attached hydrogens (tertiary/aromatic N) is 2. The van der Waals surface area contributed by atoms with Gasteiger partial charge in [0.15, 0.2) is 0 Å². The van der Waals surface area contributed by atoms with Crippen LogP contribution in [0.3, 0.4) is 0 Å². The molecule has 2 aromatic carbocycles. The van der Waals surface area contributed by atoms with Gasteiger partial charge in [0.2, 0.25) is 0 Å². The molecule has 4 atom stereocenters. The molecule has 0 saturated carbocycles. The van der Waals surface area contributed by atoms with E-state index in [0.717, 1.165) is 22.5 Å². The zero-order valence-electron chi connectivity index (χ0n) is 16.4. The molecule has 0 radical (unpaired) electrons. The van der Waals surface area contributed by atoms with Crippen molar-refractivity contribution in [3.63, 3.8) is 0 Å². The van der Waals surface area contributed by atoms with Crippen LogP contribution in [0.2, 0.25) is 0 Å². The van der Waals surface area contributed by atoms with Crippen molar-refractivity contribution in [1.82, 2.24) is 9.88 Å². The molecule has 0 N–H and O–H groups in total. The van der Waals surface area contributed by atoms with Gasteiger partial charge in [0.05, 0.1) is 20.8 Å². The smallest absolute Gasteiger partial charge is 0.300 e. The molecule has 2 saturated heterocycles. The van der Waals surface area contributed by atoms with Crippen molar-refractivity contribution in [1.29, 1.82) is 0 Å². The third kappa shape index (κ3) is 3.26. The largest absolute Gasteiger partial charge is 0.416 e. The topological polar surface area (TPSA) is 16.1 Å². The minimum absolute atomic E-state index is 0.216. The number of hydrogen-bond donors (Lipinski definition) is 0. The van der Waals surface area contributed by atoms with Crippen LogP contribution in [0.5, 0.6) is 0 Å². The van der Waals surface area contributed by atoms with Gasteiger partial charge in [-0.25, -0.2) is 4.98 Å². The molecular weight excluding hydrogens is 393 g/mol. The van der Waals surface area contributed by atoms with Crippen LogP contribution in [-0.2, 0) is 6.18 Å². The fourth-order valence-corrected chi connectivity index (χ4v) is 6.40. The van der Waals surface area contributed by atoms with E-state index in [1.54, 1.807) is 17.4 Å². The summed E-state index contributed by atoms with van der Waals surface area (Å²) >= 11 is 1.56. The number of aromatic nitrogens is 1. The van der Waals surface area contributed by atoms with Gasteiger partial charge in [-0.15, -0.1) is 11.3 Å². The van der Waals surface area contributed by atoms with E-state index in [-0.39, 0.29) is 5.92 Å². The van der Waals surface area contributed by atoms with Crippen LogP contribution in [0, 0.1) is 6.92 Å². The van der Waals surface area contributed by atoms with Crippen molar-refractivity contribution in [2.24, 2.45) is 0 Å². The summed E-state index contributed by atoms with van der Waals surface area (Å²) in [5, 5.41) is 0.974. The van der Waals surface area contributed by atoms with Crippen LogP contribution in [-0.4, -0.2) is 29.0 Å². The molecule has 0 amide bonds. The fourth-order valence-electron chi connectivity index (χ4n) is 5.22. The highest BCUT2D eigenvalue weighted by Crippen LogP contribution is 2.52. The summed E-state index contributed by atoms with van der Waals surface area (Å²) in [6, 6.07) is 13.6. The van der Waals surface area contributed by atoms with Crippen LogP contribution >= 0.6 is 11.3 Å². The first-order valence-corrected chi connectivity index (χ1v) is 10.9. The van der Waals surface area contributed by atoms with E-state index in [1.807, 2.05) is 0 Å². The third-order valence-corrected chi connectivity index (χ3v) is 7.93. The molecule has 3 aromatic rings. The molecule has 2 aliphatic heterocycles. The van der Waals surface area contributed by atoms with Gasteiger partial charge in [-0.2, -0.15) is 13.2 Å². The van der Waals surface area contributed by atoms with E-state index in [1.165, 1.54) is 29.7 Å². The Kier molecular flexibility index (Phi) is 4.48. The van der Waals surface area contributed by atoms with Crippen molar-refractivity contribution in [2.45, 2.75) is 56.3 Å². The first-order chi connectivity index (χ1) is 13.8. The van der Waals surface area contributed by atoms with Gasteiger partial charge in [0, 0.05) is 18.0 Å². The third-order valence-electron chi connectivity index (χ3n) is 6.79. The molecule has 3 heterocycles. The van der Waals surface area contributed by atoms with Crippen molar-refractivity contribution in [3.05, 3.63) is 64.2 Å². The predicted octanol–water partition coefficient (Wildman–Crippen LogP) is 6.36. The highest BCUT2D eigenvalue weighted by Gasteiger charge is 2.47. The Morgan fingerprint density at radius 3 is 2.55 bits per heavy atom. The lowest BCUT2D eigenvalue weighted by Crippen LogP contribution is -2.44. The number of aryl methyl sites for hydroxylation is 1. The molecule has 2 bridgehead atoms. The molecular formula is C23H23F3N2S. The fraction of sp³-hybridized carbons (Fsp3) is 0.435. The van der Waals surface area contributed by atoms with Gasteiger partial charge in [-0.05, 0) is 62.9 Å². The van der Waals surface area contributed by atoms with Crippen molar-refractivity contribution < 1.29 is 13.2 Å². The maximum Gasteiger partial charge on any atom is 0.416 e. The quantitative estimate of drug-likeness (QED) is 0.483. The SMILES string of the molecule is Cc1ccc([C@H]2C[C@H]3CCC([C@H]2c2nc4cc(C(F)(F)F)ccc4s2)N3C)cc1. The number of alkyl halides is 3. The minimum Gasteiger partial charge on any atom is -0.300 e. The van der Waals surface area contributed by atoms with E-state index in [4.69, 9.17) is 4.98 Å². The van der Waals surface area contributed by atoms with Crippen LogP contribution in [0.15, 0.2) is 42.5 Å². The van der Waals surface area contributed by atoms with E-state index in [0.29, 0.717) is 23.5 Å². The molecule has 2 aliphatic rings. The summed E-state index contributed by atoms with van der Waals surface area (Å²) in [7, 11) is 2.19. The lowest BCUT2D eigenvalue weighted by molar-refractivity contribution is -0.137. The van der Waals surface area contributed by atoms with Gasteiger partial charge in [-0.1, -0.05) is 29.8 Å². The zero-order valence-corrected chi connectivity index (χ0v) is 17.2. The zero-order chi connectivity index (χ0) is 20.3. The summed E-state index contributed by atoms with van der Waals surface area (Å²) < 4.78 is 40.2. The van der Waals surface area contributed by atoms with Crippen molar-refractivity contribution >= 4 is 21.6 Å². The summed E-state index contributed by atoms with van der Waals surface area (Å²) in [5.74, 6) is 0.570. The van der Waals surface area contributed by atoms with Crippen LogP contribution in [0.4, 0.5) is 13.2 Å². The molecule has 1 unspecified atom stereocenters. The monoisotopic (exact) mass is 416 g/mol. The van der Waals surface area contributed by atoms with E-state index >= 15 is 0 Å². The number of fused-ring (bicyclic) bond motifs is 3. The standard InChI is InChI=1S/C23H23F3N2S/c1-13-3-5-14(6-4-13)17-12-16-8-9-19(28(16)2)21(17)22-27-18-11-15(23(24,25)26)7-10-20(18)29-22/h3-7,10-11,16-17,19,21H,8-9,12H2,1-2H3/t16-,17-,19?,21+/m1/s1. The van der Waals surface area contributed by atoms with Crippen LogP contribution in [0.1, 0.15) is 52.8 Å². The average molecular weight is 417 g/mol. The van der Waals surface area contributed by atoms with E-state index in [9.17, 15) is 13.2 Å². The summed E-state index contributed by atoms with van der Waals surface area (Å²) in [4.78, 5) is 7.22. The Bertz CT molecular complexity index is 1040. The highest BCUT2D eigenvalue weighted by molar-refractivity contribution is 7.18. The first-order valence-electron chi connectivity index (χ1n) is 10.1. The Morgan fingerprint density at radius 2 is 1.83 bits per heavy atom. The number of rotatable bonds is 2. The second-order valence-corrected chi connectivity index (χ2v) is 9.54. The minimum atomic E-state index is -4.34.